The first-order valence-electron chi connectivity index (χ1n) is 6.93. The van der Waals surface area contributed by atoms with E-state index < -0.39 is 0 Å². The molecule has 0 bridgehead atoms. The van der Waals surface area contributed by atoms with E-state index in [4.69, 9.17) is 0 Å². The van der Waals surface area contributed by atoms with Gasteiger partial charge in [0.25, 0.3) is 0 Å². The first-order chi connectivity index (χ1) is 9.10. The number of halogens is 1. The van der Waals surface area contributed by atoms with E-state index in [1.807, 2.05) is 0 Å². The molecule has 1 aliphatic carbocycles. The molecule has 0 radical (unpaired) electrons. The van der Waals surface area contributed by atoms with Gasteiger partial charge in [0.1, 0.15) is 0 Å². The summed E-state index contributed by atoms with van der Waals surface area (Å²) in [6.45, 7) is 3.76. The lowest BCUT2D eigenvalue weighted by Gasteiger charge is -2.31. The first kappa shape index (κ1) is 14.4. The molecule has 1 aliphatic rings. The first-order valence-corrected chi connectivity index (χ1v) is 7.72. The number of aliphatic imine (C=N–C) groups is 1. The highest BCUT2D eigenvalue weighted by molar-refractivity contribution is 9.10. The molecule has 0 aromatic carbocycles. The van der Waals surface area contributed by atoms with Crippen LogP contribution in [0.25, 0.3) is 0 Å². The van der Waals surface area contributed by atoms with Crippen molar-refractivity contribution in [3.8, 4) is 0 Å². The fourth-order valence-corrected chi connectivity index (χ4v) is 2.77. The van der Waals surface area contributed by atoms with E-state index in [1.165, 1.54) is 25.0 Å². The van der Waals surface area contributed by atoms with Gasteiger partial charge in [0.15, 0.2) is 5.96 Å². The quantitative estimate of drug-likeness (QED) is 0.681. The zero-order valence-electron chi connectivity index (χ0n) is 12.0. The summed E-state index contributed by atoms with van der Waals surface area (Å²) in [5.74, 6) is 1.02. The number of aromatic nitrogens is 1. The van der Waals surface area contributed by atoms with Gasteiger partial charge in [-0.25, -0.2) is 0 Å². The third-order valence-electron chi connectivity index (χ3n) is 3.58. The second-order valence-corrected chi connectivity index (χ2v) is 6.10. The van der Waals surface area contributed by atoms with Crippen LogP contribution < -0.4 is 5.32 Å². The van der Waals surface area contributed by atoms with Crippen molar-refractivity contribution in [3.63, 3.8) is 0 Å². The highest BCUT2D eigenvalue weighted by atomic mass is 79.9. The van der Waals surface area contributed by atoms with Gasteiger partial charge in [-0.15, -0.1) is 0 Å². The molecular formula is C14H23BrN4. The van der Waals surface area contributed by atoms with Crippen LogP contribution >= 0.6 is 15.9 Å². The summed E-state index contributed by atoms with van der Waals surface area (Å²) >= 11 is 3.52. The van der Waals surface area contributed by atoms with Crippen molar-refractivity contribution < 1.29 is 0 Å². The predicted octanol–water partition coefficient (Wildman–Crippen LogP) is 2.74. The maximum absolute atomic E-state index is 4.59. The third kappa shape index (κ3) is 3.75. The van der Waals surface area contributed by atoms with Gasteiger partial charge in [-0.2, -0.15) is 0 Å². The highest BCUT2D eigenvalue weighted by Crippen LogP contribution is 2.19. The van der Waals surface area contributed by atoms with Crippen molar-refractivity contribution in [1.29, 1.82) is 0 Å². The van der Waals surface area contributed by atoms with Crippen LogP contribution in [0.1, 0.15) is 31.9 Å². The second kappa shape index (κ2) is 6.46. The van der Waals surface area contributed by atoms with Crippen LogP contribution in [-0.2, 0) is 13.6 Å². The van der Waals surface area contributed by atoms with Crippen LogP contribution in [-0.4, -0.2) is 35.1 Å². The molecule has 0 atom stereocenters. The van der Waals surface area contributed by atoms with E-state index in [9.17, 15) is 0 Å². The normalized spacial score (nSPS) is 16.3. The number of nitrogens with zero attached hydrogens (tertiary/aromatic N) is 3. The van der Waals surface area contributed by atoms with E-state index in [-0.39, 0.29) is 0 Å². The van der Waals surface area contributed by atoms with Crippen LogP contribution in [0.2, 0.25) is 0 Å². The minimum Gasteiger partial charge on any atom is -0.354 e. The minimum atomic E-state index is 0.618. The number of hydrogen-bond donors (Lipinski definition) is 1. The number of nitrogens with one attached hydrogen (secondary N) is 1. The van der Waals surface area contributed by atoms with Gasteiger partial charge in [-0.1, -0.05) is 0 Å². The fourth-order valence-electron chi connectivity index (χ4n) is 2.20. The van der Waals surface area contributed by atoms with Crippen molar-refractivity contribution in [2.75, 3.05) is 13.6 Å². The van der Waals surface area contributed by atoms with Gasteiger partial charge in [0.05, 0.1) is 6.54 Å². The highest BCUT2D eigenvalue weighted by Gasteiger charge is 2.20. The van der Waals surface area contributed by atoms with Crippen molar-refractivity contribution in [3.05, 3.63) is 22.4 Å². The number of aryl methyl sites for hydroxylation is 1. The number of guanidine groups is 1. The van der Waals surface area contributed by atoms with Gasteiger partial charge in [0, 0.05) is 43.0 Å². The van der Waals surface area contributed by atoms with Gasteiger partial charge < -0.3 is 14.8 Å². The van der Waals surface area contributed by atoms with E-state index in [1.54, 1.807) is 0 Å². The third-order valence-corrected chi connectivity index (χ3v) is 4.02. The molecule has 106 valence electrons. The molecule has 0 aliphatic heterocycles. The Hall–Kier alpha value is -0.970. The second-order valence-electron chi connectivity index (χ2n) is 5.19. The van der Waals surface area contributed by atoms with Gasteiger partial charge in [0.2, 0.25) is 0 Å². The molecule has 1 fully saturated rings. The van der Waals surface area contributed by atoms with Crippen molar-refractivity contribution in [2.24, 2.45) is 12.0 Å². The summed E-state index contributed by atoms with van der Waals surface area (Å²) in [5.41, 5.74) is 1.27. The Balaban J connectivity index is 2.00. The van der Waals surface area contributed by atoms with Crippen LogP contribution in [0.3, 0.4) is 0 Å². The molecule has 2 rings (SSSR count). The van der Waals surface area contributed by atoms with Crippen LogP contribution in [0, 0.1) is 0 Å². The molecule has 1 N–H and O–H groups in total. The molecule has 0 saturated heterocycles. The molecule has 0 spiro atoms. The van der Waals surface area contributed by atoms with Crippen LogP contribution in [0.4, 0.5) is 0 Å². The van der Waals surface area contributed by atoms with Gasteiger partial charge in [-0.3, -0.25) is 4.99 Å². The average Bonchev–Trinajstić information content (AvgIpc) is 2.60. The van der Waals surface area contributed by atoms with Gasteiger partial charge in [-0.05, 0) is 48.2 Å². The smallest absolute Gasteiger partial charge is 0.194 e. The molecule has 1 saturated carbocycles. The topological polar surface area (TPSA) is 32.6 Å². The standard InChI is InChI=1S/C14H23BrN4/c1-4-16-14(17-12-6-5-7-12)19(3)10-13-8-11(15)9-18(13)2/h8-9,12H,4-7,10H2,1-3H3,(H,16,17). The predicted molar refractivity (Wildman–Crippen MR) is 83.3 cm³/mol. The summed E-state index contributed by atoms with van der Waals surface area (Å²) in [5, 5.41) is 3.56. The van der Waals surface area contributed by atoms with Crippen molar-refractivity contribution in [1.82, 2.24) is 14.8 Å². The van der Waals surface area contributed by atoms with E-state index in [0.29, 0.717) is 6.04 Å². The molecule has 1 aromatic rings. The lowest BCUT2D eigenvalue weighted by molar-refractivity contribution is 0.357. The minimum absolute atomic E-state index is 0.618. The molecular weight excluding hydrogens is 304 g/mol. The summed E-state index contributed by atoms with van der Waals surface area (Å²) in [7, 11) is 4.17. The Labute approximate surface area is 124 Å². The Morgan fingerprint density at radius 2 is 2.32 bits per heavy atom. The summed E-state index contributed by atoms with van der Waals surface area (Å²) in [4.78, 5) is 6.79. The number of rotatable bonds is 4. The lowest BCUT2D eigenvalue weighted by Crippen LogP contribution is -2.47. The number of hydrogen-bond acceptors (Lipinski definition) is 1. The molecule has 19 heavy (non-hydrogen) atoms. The monoisotopic (exact) mass is 326 g/mol. The van der Waals surface area contributed by atoms with Gasteiger partial charge >= 0.3 is 0 Å². The zero-order valence-corrected chi connectivity index (χ0v) is 13.6. The zero-order chi connectivity index (χ0) is 13.8. The Kier molecular flexibility index (Phi) is 4.91. The summed E-state index contributed by atoms with van der Waals surface area (Å²) in [6.07, 6.45) is 5.96. The Bertz CT molecular complexity index is 448. The SMILES string of the molecule is CCN=C(NC1CCC1)N(C)Cc1cc(Br)cn1C. The van der Waals surface area contributed by atoms with E-state index in [2.05, 4.69) is 69.0 Å². The van der Waals surface area contributed by atoms with Crippen molar-refractivity contribution >= 4 is 21.9 Å². The Morgan fingerprint density at radius 3 is 2.79 bits per heavy atom. The maximum atomic E-state index is 4.59. The van der Waals surface area contributed by atoms with E-state index >= 15 is 0 Å². The molecule has 0 unspecified atom stereocenters. The van der Waals surface area contributed by atoms with E-state index in [0.717, 1.165) is 23.5 Å². The molecule has 0 amide bonds. The molecule has 1 heterocycles. The van der Waals surface area contributed by atoms with Crippen LogP contribution in [0.15, 0.2) is 21.7 Å². The fraction of sp³-hybridized carbons (Fsp3) is 0.643. The molecule has 1 aromatic heterocycles. The average molecular weight is 327 g/mol. The molecule has 5 heteroatoms. The maximum Gasteiger partial charge on any atom is 0.194 e. The van der Waals surface area contributed by atoms with Crippen molar-refractivity contribution in [2.45, 2.75) is 38.8 Å². The molecule has 4 nitrogen and oxygen atoms in total. The largest absolute Gasteiger partial charge is 0.354 e. The Morgan fingerprint density at radius 1 is 1.58 bits per heavy atom. The summed E-state index contributed by atoms with van der Waals surface area (Å²) in [6, 6.07) is 2.77. The lowest BCUT2D eigenvalue weighted by atomic mass is 9.93. The van der Waals surface area contributed by atoms with Crippen LogP contribution in [0.5, 0.6) is 0 Å². The summed E-state index contributed by atoms with van der Waals surface area (Å²) < 4.78 is 3.27.